The summed E-state index contributed by atoms with van der Waals surface area (Å²) in [5.41, 5.74) is 6.63. The molecule has 3 rings (SSSR count). The van der Waals surface area contributed by atoms with Gasteiger partial charge in [-0.25, -0.2) is 4.39 Å². The number of nitrogens with two attached hydrogens (primary N) is 1. The van der Waals surface area contributed by atoms with Gasteiger partial charge in [-0.1, -0.05) is 0 Å². The van der Waals surface area contributed by atoms with Gasteiger partial charge in [-0.3, -0.25) is 9.78 Å². The summed E-state index contributed by atoms with van der Waals surface area (Å²) in [7, 11) is 1.60. The van der Waals surface area contributed by atoms with E-state index in [2.05, 4.69) is 4.98 Å². The van der Waals surface area contributed by atoms with Crippen molar-refractivity contribution in [2.45, 2.75) is 31.7 Å². The first-order valence-corrected chi connectivity index (χ1v) is 7.59. The van der Waals surface area contributed by atoms with E-state index in [1.54, 1.807) is 13.1 Å². The molecule has 0 unspecified atom stereocenters. The molecule has 0 aliphatic heterocycles. The van der Waals surface area contributed by atoms with Crippen molar-refractivity contribution in [1.29, 1.82) is 0 Å². The van der Waals surface area contributed by atoms with Crippen LogP contribution in [0.5, 0.6) is 5.75 Å². The molecule has 0 spiro atoms. The van der Waals surface area contributed by atoms with Crippen molar-refractivity contribution in [2.75, 3.05) is 6.61 Å². The lowest BCUT2D eigenvalue weighted by Crippen LogP contribution is -2.29. The number of ether oxygens (including phenoxy) is 1. The number of hydrogen-bond donors (Lipinski definition) is 1. The largest absolute Gasteiger partial charge is 0.488 e. The first kappa shape index (κ1) is 17.7. The predicted molar refractivity (Wildman–Crippen MR) is 89.6 cm³/mol. The first-order valence-electron chi connectivity index (χ1n) is 7.59. The van der Waals surface area contributed by atoms with Crippen LogP contribution < -0.4 is 16.0 Å². The average molecular weight is 342 g/mol. The third kappa shape index (κ3) is 3.64. The Morgan fingerprint density at radius 3 is 2.74 bits per heavy atom. The van der Waals surface area contributed by atoms with E-state index < -0.39 is 5.82 Å². The van der Waals surface area contributed by atoms with Crippen LogP contribution >= 0.6 is 12.4 Å². The van der Waals surface area contributed by atoms with Gasteiger partial charge in [0, 0.05) is 19.2 Å². The van der Waals surface area contributed by atoms with Gasteiger partial charge in [-0.05, 0) is 37.7 Å². The molecule has 1 aliphatic carbocycles. The Hall–Kier alpha value is -1.66. The third-order valence-corrected chi connectivity index (χ3v) is 4.40. The van der Waals surface area contributed by atoms with Gasteiger partial charge in [0.1, 0.15) is 5.52 Å². The standard InChI is InChI=1S/C16H20FN3O2.ClH/c1-20-14(21)7-6-13-15(20)16(12(17)8-19-13)22-9-10-2-4-11(18)5-3-10;/h6-8,10-11H,2-5,9,18H2,1H3;1H. The minimum absolute atomic E-state index is 0. The summed E-state index contributed by atoms with van der Waals surface area (Å²) in [6, 6.07) is 3.28. The van der Waals surface area contributed by atoms with Crippen molar-refractivity contribution in [1.82, 2.24) is 9.55 Å². The Bertz CT molecular complexity index is 742. The summed E-state index contributed by atoms with van der Waals surface area (Å²) in [4.78, 5) is 15.8. The molecule has 1 saturated carbocycles. The zero-order valence-electron chi connectivity index (χ0n) is 13.0. The van der Waals surface area contributed by atoms with Crippen molar-refractivity contribution in [3.63, 3.8) is 0 Å². The summed E-state index contributed by atoms with van der Waals surface area (Å²) >= 11 is 0. The maximum atomic E-state index is 14.1. The molecule has 0 bridgehead atoms. The van der Waals surface area contributed by atoms with E-state index in [0.29, 0.717) is 23.6 Å². The molecule has 0 saturated heterocycles. The number of halogens is 2. The quantitative estimate of drug-likeness (QED) is 0.930. The molecule has 1 fully saturated rings. The van der Waals surface area contributed by atoms with E-state index in [1.807, 2.05) is 0 Å². The average Bonchev–Trinajstić information content (AvgIpc) is 2.52. The predicted octanol–water partition coefficient (Wildman–Crippen LogP) is 2.39. The van der Waals surface area contributed by atoms with E-state index in [9.17, 15) is 9.18 Å². The van der Waals surface area contributed by atoms with E-state index in [0.717, 1.165) is 31.9 Å². The van der Waals surface area contributed by atoms with E-state index >= 15 is 0 Å². The fourth-order valence-corrected chi connectivity index (χ4v) is 2.99. The fourth-order valence-electron chi connectivity index (χ4n) is 2.99. The van der Waals surface area contributed by atoms with Gasteiger partial charge < -0.3 is 15.0 Å². The lowest BCUT2D eigenvalue weighted by Gasteiger charge is -2.26. The highest BCUT2D eigenvalue weighted by atomic mass is 35.5. The Kier molecular flexibility index (Phi) is 5.59. The zero-order chi connectivity index (χ0) is 15.7. The number of fused-ring (bicyclic) bond motifs is 1. The van der Waals surface area contributed by atoms with E-state index in [4.69, 9.17) is 10.5 Å². The maximum Gasteiger partial charge on any atom is 0.250 e. The summed E-state index contributed by atoms with van der Waals surface area (Å²) in [5, 5.41) is 0. The van der Waals surface area contributed by atoms with Gasteiger partial charge in [-0.15, -0.1) is 12.4 Å². The van der Waals surface area contributed by atoms with Gasteiger partial charge in [0.2, 0.25) is 0 Å². The molecule has 0 amide bonds. The highest BCUT2D eigenvalue weighted by Gasteiger charge is 2.21. The number of hydrogen-bond acceptors (Lipinski definition) is 4. The molecule has 2 aromatic rings. The molecular weight excluding hydrogens is 321 g/mol. The molecule has 0 aromatic carbocycles. The van der Waals surface area contributed by atoms with Gasteiger partial charge in [0.05, 0.1) is 18.3 Å². The third-order valence-electron chi connectivity index (χ3n) is 4.40. The molecule has 7 heteroatoms. The van der Waals surface area contributed by atoms with Crippen LogP contribution in [0.2, 0.25) is 0 Å². The highest BCUT2D eigenvalue weighted by molar-refractivity contribution is 5.85. The van der Waals surface area contributed by atoms with Crippen LogP contribution in [-0.2, 0) is 7.05 Å². The fraction of sp³-hybridized carbons (Fsp3) is 0.500. The summed E-state index contributed by atoms with van der Waals surface area (Å²) in [6.45, 7) is 0.436. The maximum absolute atomic E-state index is 14.1. The molecule has 126 valence electrons. The van der Waals surface area contributed by atoms with Crippen LogP contribution in [0.1, 0.15) is 25.7 Å². The van der Waals surface area contributed by atoms with Crippen LogP contribution in [0.4, 0.5) is 4.39 Å². The number of rotatable bonds is 3. The molecular formula is C16H21ClFN3O2. The van der Waals surface area contributed by atoms with E-state index in [1.165, 1.54) is 10.6 Å². The summed E-state index contributed by atoms with van der Waals surface area (Å²) in [5.74, 6) is -0.0514. The second-order valence-corrected chi connectivity index (χ2v) is 5.99. The Balaban J connectivity index is 0.00000192. The number of nitrogens with zero attached hydrogens (tertiary/aromatic N) is 2. The molecule has 2 heterocycles. The second-order valence-electron chi connectivity index (χ2n) is 5.99. The topological polar surface area (TPSA) is 70.1 Å². The highest BCUT2D eigenvalue weighted by Crippen LogP contribution is 2.29. The van der Waals surface area contributed by atoms with Gasteiger partial charge in [0.25, 0.3) is 5.56 Å². The summed E-state index contributed by atoms with van der Waals surface area (Å²) in [6.07, 6.45) is 5.08. The number of aromatic nitrogens is 2. The van der Waals surface area contributed by atoms with Crippen LogP contribution in [-0.4, -0.2) is 22.2 Å². The zero-order valence-corrected chi connectivity index (χ0v) is 13.8. The van der Waals surface area contributed by atoms with Crippen molar-refractivity contribution in [2.24, 2.45) is 18.7 Å². The smallest absolute Gasteiger partial charge is 0.250 e. The van der Waals surface area contributed by atoms with Crippen LogP contribution in [0.3, 0.4) is 0 Å². The SMILES string of the molecule is Cl.Cn1c(=O)ccc2ncc(F)c(OCC3CCC(N)CC3)c21. The van der Waals surface area contributed by atoms with Crippen molar-refractivity contribution < 1.29 is 9.13 Å². The minimum Gasteiger partial charge on any atom is -0.488 e. The van der Waals surface area contributed by atoms with Gasteiger partial charge in [0.15, 0.2) is 11.6 Å². The van der Waals surface area contributed by atoms with Gasteiger partial charge in [-0.2, -0.15) is 0 Å². The molecule has 0 atom stereocenters. The molecule has 23 heavy (non-hydrogen) atoms. The van der Waals surface area contributed by atoms with Crippen molar-refractivity contribution in [3.8, 4) is 5.75 Å². The van der Waals surface area contributed by atoms with Crippen LogP contribution in [0, 0.1) is 11.7 Å². The second kappa shape index (κ2) is 7.27. The lowest BCUT2D eigenvalue weighted by molar-refractivity contribution is 0.196. The van der Waals surface area contributed by atoms with Crippen LogP contribution in [0.25, 0.3) is 11.0 Å². The Morgan fingerprint density at radius 2 is 2.04 bits per heavy atom. The molecule has 5 nitrogen and oxygen atoms in total. The summed E-state index contributed by atoms with van der Waals surface area (Å²) < 4.78 is 21.2. The number of pyridine rings is 2. The monoisotopic (exact) mass is 341 g/mol. The minimum atomic E-state index is -0.541. The first-order chi connectivity index (χ1) is 10.6. The Morgan fingerprint density at radius 1 is 1.35 bits per heavy atom. The molecule has 2 aromatic heterocycles. The lowest BCUT2D eigenvalue weighted by atomic mass is 9.87. The molecule has 2 N–H and O–H groups in total. The van der Waals surface area contributed by atoms with Crippen LogP contribution in [0.15, 0.2) is 23.1 Å². The Labute approximate surface area is 140 Å². The van der Waals surface area contributed by atoms with E-state index in [-0.39, 0.29) is 29.8 Å². The van der Waals surface area contributed by atoms with Crippen molar-refractivity contribution in [3.05, 3.63) is 34.5 Å². The normalized spacial score (nSPS) is 21.0. The number of aryl methyl sites for hydroxylation is 1. The van der Waals surface area contributed by atoms with Crippen molar-refractivity contribution >= 4 is 23.4 Å². The molecule has 1 aliphatic rings. The van der Waals surface area contributed by atoms with Gasteiger partial charge >= 0.3 is 0 Å². The molecule has 0 radical (unpaired) electrons.